The minimum atomic E-state index is 1.09. The third-order valence-corrected chi connectivity index (χ3v) is 10.3. The summed E-state index contributed by atoms with van der Waals surface area (Å²) in [4.78, 5) is 4.63. The standard InChI is InChI=1S/C58H48N2/c1-45-17-13-23-47(41-45)19-9-11-21-49-25-15-31-57(43-49)59(53-27-5-3-6-28-53)55-37-33-51(34-38-55)52-35-39-56(40-36-52)60(54-29-7-4-8-30-54)58-32-16-26-50(44-58)22-12-10-20-48-24-14-18-46(2)42-48/h3-44H,1-2H3. The highest BCUT2D eigenvalue weighted by Gasteiger charge is 2.15. The second-order valence-corrected chi connectivity index (χ2v) is 14.9. The van der Waals surface area contributed by atoms with Gasteiger partial charge in [-0.05, 0) is 120 Å². The molecule has 0 heterocycles. The molecule has 2 nitrogen and oxygen atoms in total. The summed E-state index contributed by atoms with van der Waals surface area (Å²) in [7, 11) is 0. The molecule has 0 aliphatic carbocycles. The number of benzene rings is 8. The third-order valence-electron chi connectivity index (χ3n) is 10.3. The Morgan fingerprint density at radius 3 is 0.917 bits per heavy atom. The maximum atomic E-state index is 2.31. The molecule has 0 atom stereocenters. The van der Waals surface area contributed by atoms with Crippen LogP contribution in [0.15, 0.2) is 231 Å². The molecule has 2 heteroatoms. The molecule has 8 aromatic rings. The number of nitrogens with zero attached hydrogens (tertiary/aromatic N) is 2. The van der Waals surface area contributed by atoms with Crippen LogP contribution in [0.25, 0.3) is 35.4 Å². The van der Waals surface area contributed by atoms with E-state index >= 15 is 0 Å². The van der Waals surface area contributed by atoms with E-state index in [1.54, 1.807) is 0 Å². The van der Waals surface area contributed by atoms with E-state index in [-0.39, 0.29) is 0 Å². The first kappa shape index (κ1) is 39.2. The van der Waals surface area contributed by atoms with Crippen molar-refractivity contribution in [3.05, 3.63) is 264 Å². The molecule has 0 radical (unpaired) electrons. The van der Waals surface area contributed by atoms with Crippen LogP contribution in [-0.2, 0) is 0 Å². The summed E-state index contributed by atoms with van der Waals surface area (Å²) in [6, 6.07) is 73.3. The quantitative estimate of drug-likeness (QED) is 0.108. The molecule has 290 valence electrons. The Bertz CT molecular complexity index is 2560. The van der Waals surface area contributed by atoms with Gasteiger partial charge in [0.2, 0.25) is 0 Å². The van der Waals surface area contributed by atoms with Crippen LogP contribution in [0.1, 0.15) is 33.4 Å². The number of hydrogen-bond donors (Lipinski definition) is 0. The molecule has 0 aliphatic rings. The van der Waals surface area contributed by atoms with Gasteiger partial charge in [0.25, 0.3) is 0 Å². The lowest BCUT2D eigenvalue weighted by Gasteiger charge is -2.26. The van der Waals surface area contributed by atoms with Crippen molar-refractivity contribution in [3.8, 4) is 11.1 Å². The summed E-state index contributed by atoms with van der Waals surface area (Å²) in [6.07, 6.45) is 17.0. The van der Waals surface area contributed by atoms with Crippen molar-refractivity contribution < 1.29 is 0 Å². The fraction of sp³-hybridized carbons (Fsp3) is 0.0345. The van der Waals surface area contributed by atoms with Gasteiger partial charge in [-0.3, -0.25) is 0 Å². The van der Waals surface area contributed by atoms with Crippen LogP contribution in [0.5, 0.6) is 0 Å². The normalized spacial score (nSPS) is 11.6. The SMILES string of the molecule is Cc1cccc(C=CC=Cc2cccc(N(c3ccccc3)c3ccc(-c4ccc(N(c5ccccc5)c5cccc(C=CC=Cc6cccc(C)c6)c5)cc4)cc3)c2)c1. The minimum absolute atomic E-state index is 1.09. The predicted octanol–water partition coefficient (Wildman–Crippen LogP) is 16.4. The molecule has 0 amide bonds. The number of anilines is 6. The van der Waals surface area contributed by atoms with Crippen LogP contribution in [0, 0.1) is 13.8 Å². The minimum Gasteiger partial charge on any atom is -0.310 e. The van der Waals surface area contributed by atoms with Gasteiger partial charge >= 0.3 is 0 Å². The zero-order valence-corrected chi connectivity index (χ0v) is 34.1. The molecule has 0 aromatic heterocycles. The Balaban J connectivity index is 1.02. The number of allylic oxidation sites excluding steroid dienone is 4. The van der Waals surface area contributed by atoms with Gasteiger partial charge in [-0.2, -0.15) is 0 Å². The molecule has 8 rings (SSSR count). The first-order chi connectivity index (χ1) is 29.6. The van der Waals surface area contributed by atoms with Gasteiger partial charge in [-0.15, -0.1) is 0 Å². The Hall–Kier alpha value is -7.68. The van der Waals surface area contributed by atoms with Gasteiger partial charge in [0.15, 0.2) is 0 Å². The van der Waals surface area contributed by atoms with E-state index in [1.807, 2.05) is 0 Å². The molecule has 0 fully saturated rings. The number of para-hydroxylation sites is 2. The van der Waals surface area contributed by atoms with Crippen LogP contribution in [0.4, 0.5) is 34.1 Å². The van der Waals surface area contributed by atoms with Crippen LogP contribution in [-0.4, -0.2) is 0 Å². The lowest BCUT2D eigenvalue weighted by atomic mass is 10.0. The van der Waals surface area contributed by atoms with Crippen molar-refractivity contribution in [3.63, 3.8) is 0 Å². The van der Waals surface area contributed by atoms with Gasteiger partial charge < -0.3 is 9.80 Å². The first-order valence-corrected chi connectivity index (χ1v) is 20.5. The molecule has 0 saturated carbocycles. The van der Waals surface area contributed by atoms with E-state index in [9.17, 15) is 0 Å². The van der Waals surface area contributed by atoms with Gasteiger partial charge in [0, 0.05) is 34.1 Å². The summed E-state index contributed by atoms with van der Waals surface area (Å²) in [5, 5.41) is 0. The predicted molar refractivity (Wildman–Crippen MR) is 260 cm³/mol. The fourth-order valence-electron chi connectivity index (χ4n) is 7.40. The summed E-state index contributed by atoms with van der Waals surface area (Å²) in [5.41, 5.74) is 16.1. The first-order valence-electron chi connectivity index (χ1n) is 20.5. The summed E-state index contributed by atoms with van der Waals surface area (Å²) in [5.74, 6) is 0. The van der Waals surface area contributed by atoms with Gasteiger partial charge in [0.1, 0.15) is 0 Å². The Morgan fingerprint density at radius 1 is 0.267 bits per heavy atom. The number of aryl methyl sites for hydroxylation is 2. The van der Waals surface area contributed by atoms with Crippen molar-refractivity contribution in [1.29, 1.82) is 0 Å². The van der Waals surface area contributed by atoms with E-state index in [1.165, 1.54) is 22.3 Å². The molecule has 0 bridgehead atoms. The Labute approximate surface area is 355 Å². The largest absolute Gasteiger partial charge is 0.310 e. The topological polar surface area (TPSA) is 6.48 Å². The van der Waals surface area contributed by atoms with E-state index in [2.05, 4.69) is 279 Å². The Kier molecular flexibility index (Phi) is 12.5. The smallest absolute Gasteiger partial charge is 0.0467 e. The molecule has 60 heavy (non-hydrogen) atoms. The second kappa shape index (κ2) is 19.2. The van der Waals surface area contributed by atoms with Gasteiger partial charge in [0.05, 0.1) is 0 Å². The van der Waals surface area contributed by atoms with E-state index in [0.717, 1.165) is 56.4 Å². The number of hydrogen-bond acceptors (Lipinski definition) is 2. The fourth-order valence-corrected chi connectivity index (χ4v) is 7.40. The zero-order chi connectivity index (χ0) is 40.9. The third kappa shape index (κ3) is 10.1. The lowest BCUT2D eigenvalue weighted by Crippen LogP contribution is -2.10. The van der Waals surface area contributed by atoms with Crippen molar-refractivity contribution in [2.75, 3.05) is 9.80 Å². The molecular formula is C58H48N2. The molecule has 0 aliphatic heterocycles. The van der Waals surface area contributed by atoms with Crippen LogP contribution in [0.3, 0.4) is 0 Å². The zero-order valence-electron chi connectivity index (χ0n) is 34.1. The van der Waals surface area contributed by atoms with Crippen molar-refractivity contribution >= 4 is 58.4 Å². The van der Waals surface area contributed by atoms with Crippen molar-refractivity contribution in [2.24, 2.45) is 0 Å². The number of rotatable bonds is 13. The molecule has 0 N–H and O–H groups in total. The van der Waals surface area contributed by atoms with Gasteiger partial charge in [-0.1, -0.05) is 193 Å². The van der Waals surface area contributed by atoms with Crippen LogP contribution in [0.2, 0.25) is 0 Å². The summed E-state index contributed by atoms with van der Waals surface area (Å²) in [6.45, 7) is 4.24. The van der Waals surface area contributed by atoms with E-state index in [0.29, 0.717) is 0 Å². The lowest BCUT2D eigenvalue weighted by molar-refractivity contribution is 1.28. The maximum absolute atomic E-state index is 2.31. The average molecular weight is 773 g/mol. The van der Waals surface area contributed by atoms with Crippen LogP contribution < -0.4 is 9.80 Å². The highest BCUT2D eigenvalue weighted by Crippen LogP contribution is 2.38. The van der Waals surface area contributed by atoms with Crippen LogP contribution >= 0.6 is 0 Å². The molecular weight excluding hydrogens is 725 g/mol. The van der Waals surface area contributed by atoms with Crippen molar-refractivity contribution in [2.45, 2.75) is 13.8 Å². The monoisotopic (exact) mass is 772 g/mol. The molecule has 8 aromatic carbocycles. The van der Waals surface area contributed by atoms with E-state index in [4.69, 9.17) is 0 Å². The van der Waals surface area contributed by atoms with E-state index < -0.39 is 0 Å². The maximum Gasteiger partial charge on any atom is 0.0467 e. The van der Waals surface area contributed by atoms with Gasteiger partial charge in [-0.25, -0.2) is 0 Å². The van der Waals surface area contributed by atoms with Crippen molar-refractivity contribution in [1.82, 2.24) is 0 Å². The average Bonchev–Trinajstić information content (AvgIpc) is 3.29. The highest BCUT2D eigenvalue weighted by atomic mass is 15.1. The summed E-state index contributed by atoms with van der Waals surface area (Å²) >= 11 is 0. The molecule has 0 unspecified atom stereocenters. The molecule has 0 saturated heterocycles. The highest BCUT2D eigenvalue weighted by molar-refractivity contribution is 5.82. The molecule has 0 spiro atoms. The second-order valence-electron chi connectivity index (χ2n) is 14.9. The summed E-state index contributed by atoms with van der Waals surface area (Å²) < 4.78 is 0. The Morgan fingerprint density at radius 2 is 0.567 bits per heavy atom.